The quantitative estimate of drug-likeness (QED) is 0.858. The van der Waals surface area contributed by atoms with Crippen LogP contribution in [0.3, 0.4) is 0 Å². The normalized spacial score (nSPS) is 18.7. The number of benzene rings is 1. The fourth-order valence-corrected chi connectivity index (χ4v) is 3.97. The van der Waals surface area contributed by atoms with Gasteiger partial charge >= 0.3 is 0 Å². The summed E-state index contributed by atoms with van der Waals surface area (Å²) in [6.45, 7) is 0. The lowest BCUT2D eigenvalue weighted by atomic mass is 10.1. The summed E-state index contributed by atoms with van der Waals surface area (Å²) in [5.41, 5.74) is 1.41. The molecule has 24 heavy (non-hydrogen) atoms. The molecule has 2 aliphatic rings. The highest BCUT2D eigenvalue weighted by Crippen LogP contribution is 2.29. The number of thiophene rings is 1. The zero-order chi connectivity index (χ0) is 16.5. The number of amidine groups is 2. The summed E-state index contributed by atoms with van der Waals surface area (Å²) in [6, 6.07) is 13.8. The molecule has 5 nitrogen and oxygen atoms in total. The number of nitrogens with one attached hydrogen (secondary N) is 1. The summed E-state index contributed by atoms with van der Waals surface area (Å²) in [7, 11) is 0. The summed E-state index contributed by atoms with van der Waals surface area (Å²) in [5, 5.41) is 17.4. The van der Waals surface area contributed by atoms with Gasteiger partial charge in [-0.15, -0.1) is 11.3 Å². The van der Waals surface area contributed by atoms with E-state index in [1.807, 2.05) is 47.8 Å². The van der Waals surface area contributed by atoms with Crippen LogP contribution in [0.2, 0.25) is 0 Å². The Morgan fingerprint density at radius 2 is 2.00 bits per heavy atom. The maximum Gasteiger partial charge on any atom is 0.283 e. The molecule has 0 saturated carbocycles. The number of thioether (sulfide) groups is 1. The number of hydrazone groups is 1. The lowest BCUT2D eigenvalue weighted by Gasteiger charge is -2.19. The smallest absolute Gasteiger partial charge is 0.282 e. The van der Waals surface area contributed by atoms with Gasteiger partial charge in [0.15, 0.2) is 5.84 Å². The van der Waals surface area contributed by atoms with Crippen LogP contribution in [0.15, 0.2) is 63.5 Å². The number of hydrogen-bond acceptors (Lipinski definition) is 5. The van der Waals surface area contributed by atoms with Gasteiger partial charge in [-0.25, -0.2) is 0 Å². The number of nitrogens with zero attached hydrogens (tertiary/aromatic N) is 3. The monoisotopic (exact) mass is 352 g/mol. The van der Waals surface area contributed by atoms with Crippen LogP contribution in [0.4, 0.5) is 0 Å². The minimum atomic E-state index is -0.386. The number of hydrogen-bond donors (Lipinski definition) is 1. The molecule has 0 radical (unpaired) electrons. The molecule has 2 aromatic rings. The van der Waals surface area contributed by atoms with Crippen molar-refractivity contribution in [1.29, 1.82) is 5.41 Å². The van der Waals surface area contributed by atoms with Crippen LogP contribution in [0.25, 0.3) is 6.08 Å². The van der Waals surface area contributed by atoms with Crippen LogP contribution in [0.1, 0.15) is 10.4 Å². The Bertz CT molecular complexity index is 898. The van der Waals surface area contributed by atoms with Crippen LogP contribution in [-0.2, 0) is 11.2 Å². The van der Waals surface area contributed by atoms with Crippen molar-refractivity contribution < 1.29 is 4.79 Å². The van der Waals surface area contributed by atoms with Crippen molar-refractivity contribution in [2.24, 2.45) is 10.1 Å². The van der Waals surface area contributed by atoms with Gasteiger partial charge in [-0.1, -0.05) is 36.4 Å². The van der Waals surface area contributed by atoms with Gasteiger partial charge in [-0.2, -0.15) is 15.1 Å². The maximum atomic E-state index is 12.3. The number of carbonyl (C=O) groups excluding carboxylic acids is 1. The zero-order valence-electron chi connectivity index (χ0n) is 12.5. The highest BCUT2D eigenvalue weighted by atomic mass is 32.2. The molecular formula is C17H12N4OS2. The molecular weight excluding hydrogens is 340 g/mol. The average molecular weight is 352 g/mol. The Balaban J connectivity index is 1.61. The van der Waals surface area contributed by atoms with Crippen LogP contribution in [0, 0.1) is 5.41 Å². The van der Waals surface area contributed by atoms with E-state index in [4.69, 9.17) is 5.41 Å². The molecule has 0 atom stereocenters. The third-order valence-electron chi connectivity index (χ3n) is 3.52. The third kappa shape index (κ3) is 2.83. The molecule has 4 rings (SSSR count). The van der Waals surface area contributed by atoms with E-state index in [-0.39, 0.29) is 17.3 Å². The minimum absolute atomic E-state index is 0.0777. The average Bonchev–Trinajstić information content (AvgIpc) is 3.22. The standard InChI is InChI=1S/C17H12N4OS2/c18-15-13(10-12-7-4-8-23-12)16(22)19-17-21(15)20-14(24-17)9-11-5-2-1-3-6-11/h1-8,10,18H,9H2. The Morgan fingerprint density at radius 3 is 2.75 bits per heavy atom. The summed E-state index contributed by atoms with van der Waals surface area (Å²) in [4.78, 5) is 17.3. The first-order chi connectivity index (χ1) is 11.7. The van der Waals surface area contributed by atoms with Gasteiger partial charge in [0.2, 0.25) is 5.17 Å². The van der Waals surface area contributed by atoms with E-state index in [0.717, 1.165) is 15.5 Å². The van der Waals surface area contributed by atoms with Gasteiger partial charge in [0.25, 0.3) is 5.91 Å². The number of amides is 1. The van der Waals surface area contributed by atoms with Gasteiger partial charge in [0, 0.05) is 11.3 Å². The first-order valence-corrected chi connectivity index (χ1v) is 8.97. The molecule has 1 amide bonds. The van der Waals surface area contributed by atoms with Crippen LogP contribution >= 0.6 is 23.1 Å². The van der Waals surface area contributed by atoms with E-state index in [9.17, 15) is 4.79 Å². The van der Waals surface area contributed by atoms with E-state index in [1.165, 1.54) is 28.1 Å². The number of carbonyl (C=O) groups is 1. The summed E-state index contributed by atoms with van der Waals surface area (Å²) < 4.78 is 0. The topological polar surface area (TPSA) is 68.9 Å². The van der Waals surface area contributed by atoms with E-state index < -0.39 is 0 Å². The molecule has 0 fully saturated rings. The Labute approximate surface area is 146 Å². The van der Waals surface area contributed by atoms with E-state index >= 15 is 0 Å². The third-order valence-corrected chi connectivity index (χ3v) is 5.25. The second-order valence-corrected chi connectivity index (χ2v) is 7.21. The van der Waals surface area contributed by atoms with Crippen molar-refractivity contribution in [3.05, 3.63) is 63.9 Å². The molecule has 1 aromatic carbocycles. The van der Waals surface area contributed by atoms with Gasteiger partial charge in [0.1, 0.15) is 5.04 Å². The second-order valence-electron chi connectivity index (χ2n) is 5.19. The molecule has 7 heteroatoms. The van der Waals surface area contributed by atoms with Gasteiger partial charge in [-0.3, -0.25) is 10.2 Å². The number of fused-ring (bicyclic) bond motifs is 1. The van der Waals surface area contributed by atoms with Crippen LogP contribution in [0.5, 0.6) is 0 Å². The van der Waals surface area contributed by atoms with Crippen molar-refractivity contribution in [1.82, 2.24) is 5.01 Å². The Hall–Kier alpha value is -2.51. The second kappa shape index (κ2) is 6.18. The van der Waals surface area contributed by atoms with E-state index in [0.29, 0.717) is 11.6 Å². The lowest BCUT2D eigenvalue weighted by Crippen LogP contribution is -2.35. The van der Waals surface area contributed by atoms with Gasteiger partial charge in [-0.05, 0) is 34.8 Å². The number of rotatable bonds is 3. The highest BCUT2D eigenvalue weighted by molar-refractivity contribution is 8.26. The van der Waals surface area contributed by atoms with Gasteiger partial charge < -0.3 is 0 Å². The molecule has 0 spiro atoms. The summed E-state index contributed by atoms with van der Waals surface area (Å²) in [5.74, 6) is -0.308. The fraction of sp³-hybridized carbons (Fsp3) is 0.0588. The molecule has 118 valence electrons. The van der Waals surface area contributed by atoms with Gasteiger partial charge in [0.05, 0.1) is 5.57 Å². The molecule has 1 aromatic heterocycles. The molecule has 0 bridgehead atoms. The molecule has 2 aliphatic heterocycles. The Kier molecular flexibility index (Phi) is 3.87. The zero-order valence-corrected chi connectivity index (χ0v) is 14.1. The fourth-order valence-electron chi connectivity index (χ4n) is 2.39. The predicted octanol–water partition coefficient (Wildman–Crippen LogP) is 3.61. The van der Waals surface area contributed by atoms with E-state index in [2.05, 4.69) is 10.1 Å². The van der Waals surface area contributed by atoms with Crippen molar-refractivity contribution in [3.63, 3.8) is 0 Å². The van der Waals surface area contributed by atoms with Crippen molar-refractivity contribution in [2.45, 2.75) is 6.42 Å². The molecule has 3 heterocycles. The largest absolute Gasteiger partial charge is 0.283 e. The minimum Gasteiger partial charge on any atom is -0.282 e. The lowest BCUT2D eigenvalue weighted by molar-refractivity contribution is -0.114. The maximum absolute atomic E-state index is 12.3. The van der Waals surface area contributed by atoms with Crippen LogP contribution < -0.4 is 0 Å². The predicted molar refractivity (Wildman–Crippen MR) is 99.5 cm³/mol. The summed E-state index contributed by atoms with van der Waals surface area (Å²) >= 11 is 2.86. The molecule has 0 saturated heterocycles. The highest BCUT2D eigenvalue weighted by Gasteiger charge is 2.35. The number of aliphatic imine (C=N–C) groups is 1. The first kappa shape index (κ1) is 15.0. The Morgan fingerprint density at radius 1 is 1.17 bits per heavy atom. The molecule has 1 N–H and O–H groups in total. The SMILES string of the molecule is N=C1C(=Cc2cccs2)C(=O)N=C2SC(Cc3ccccc3)=NN12. The van der Waals surface area contributed by atoms with Crippen molar-refractivity contribution in [3.8, 4) is 0 Å². The van der Waals surface area contributed by atoms with E-state index in [1.54, 1.807) is 6.08 Å². The first-order valence-electron chi connectivity index (χ1n) is 7.27. The van der Waals surface area contributed by atoms with Crippen molar-refractivity contribution >= 4 is 51.1 Å². The molecule has 0 unspecified atom stereocenters. The van der Waals surface area contributed by atoms with Crippen molar-refractivity contribution in [2.75, 3.05) is 0 Å². The van der Waals surface area contributed by atoms with Crippen LogP contribution in [-0.4, -0.2) is 27.0 Å². The molecule has 0 aliphatic carbocycles. The summed E-state index contributed by atoms with van der Waals surface area (Å²) in [6.07, 6.45) is 2.36.